The van der Waals surface area contributed by atoms with Gasteiger partial charge in [-0.25, -0.2) is 0 Å². The first-order chi connectivity index (χ1) is 5.38. The lowest BCUT2D eigenvalue weighted by Crippen LogP contribution is -2.18. The molecule has 0 amide bonds. The summed E-state index contributed by atoms with van der Waals surface area (Å²) in [5, 5.41) is 6.83. The molecule has 7 nitrogen and oxygen atoms in total. The van der Waals surface area contributed by atoms with E-state index in [1.54, 1.807) is 0 Å². The molecule has 1 aliphatic rings. The van der Waals surface area contributed by atoms with E-state index < -0.39 is 0 Å². The Kier molecular flexibility index (Phi) is 4.64. The van der Waals surface area contributed by atoms with Crippen molar-refractivity contribution in [1.29, 1.82) is 0 Å². The molecule has 2 atom stereocenters. The van der Waals surface area contributed by atoms with Crippen molar-refractivity contribution in [2.24, 2.45) is 10.2 Å². The number of hydrogen-bond acceptors (Lipinski definition) is 3. The van der Waals surface area contributed by atoms with Gasteiger partial charge in [-0.15, -0.1) is 0 Å². The molecule has 0 spiro atoms. The molecule has 66 valence electrons. The third kappa shape index (κ3) is 2.32. The molecule has 1 aliphatic heterocycles. The SMILES string of the molecule is C.[N-]=[N+]=NC1COCC1N=[N+]=[N-]. The fourth-order valence-electron chi connectivity index (χ4n) is 0.885. The highest BCUT2D eigenvalue weighted by Crippen LogP contribution is 2.13. The van der Waals surface area contributed by atoms with Crippen molar-refractivity contribution in [1.82, 2.24) is 0 Å². The van der Waals surface area contributed by atoms with Crippen LogP contribution in [0.1, 0.15) is 7.43 Å². The summed E-state index contributed by atoms with van der Waals surface area (Å²) in [6.45, 7) is 0.682. The molecule has 1 heterocycles. The number of rotatable bonds is 2. The molecule has 0 aromatic heterocycles. The molecule has 0 radical (unpaired) electrons. The maximum atomic E-state index is 8.08. The average molecular weight is 170 g/mol. The van der Waals surface area contributed by atoms with Gasteiger partial charge in [-0.3, -0.25) is 0 Å². The van der Waals surface area contributed by atoms with Gasteiger partial charge in [-0.1, -0.05) is 17.7 Å². The van der Waals surface area contributed by atoms with Crippen LogP contribution in [0.15, 0.2) is 10.2 Å². The summed E-state index contributed by atoms with van der Waals surface area (Å²) in [7, 11) is 0. The van der Waals surface area contributed by atoms with Gasteiger partial charge in [0, 0.05) is 9.82 Å². The summed E-state index contributed by atoms with van der Waals surface area (Å²) in [6, 6.07) is -0.674. The highest BCUT2D eigenvalue weighted by Gasteiger charge is 2.25. The standard InChI is InChI=1S/C4H6N6O.CH4/c5-9-7-3-1-11-2-4(3)8-10-6;/h3-4H,1-2H2;1H4. The Morgan fingerprint density at radius 3 is 1.83 bits per heavy atom. The highest BCUT2D eigenvalue weighted by atomic mass is 16.5. The molecule has 0 saturated carbocycles. The monoisotopic (exact) mass is 170 g/mol. The van der Waals surface area contributed by atoms with Crippen molar-refractivity contribution >= 4 is 0 Å². The molecule has 1 saturated heterocycles. The minimum Gasteiger partial charge on any atom is -0.381 e. The summed E-state index contributed by atoms with van der Waals surface area (Å²) < 4.78 is 4.95. The van der Waals surface area contributed by atoms with Gasteiger partial charge in [0.05, 0.1) is 25.3 Å². The molecule has 2 unspecified atom stereocenters. The van der Waals surface area contributed by atoms with Crippen molar-refractivity contribution < 1.29 is 4.74 Å². The van der Waals surface area contributed by atoms with Crippen LogP contribution in [-0.2, 0) is 4.74 Å². The second-order valence-electron chi connectivity index (χ2n) is 2.08. The minimum atomic E-state index is -0.337. The van der Waals surface area contributed by atoms with E-state index in [4.69, 9.17) is 15.8 Å². The number of hydrogen-bond donors (Lipinski definition) is 0. The van der Waals surface area contributed by atoms with Gasteiger partial charge in [0.2, 0.25) is 0 Å². The van der Waals surface area contributed by atoms with E-state index >= 15 is 0 Å². The fraction of sp³-hybridized carbons (Fsp3) is 1.00. The zero-order valence-electron chi connectivity index (χ0n) is 5.66. The first kappa shape index (κ1) is 10.6. The first-order valence-corrected chi connectivity index (χ1v) is 3.04. The van der Waals surface area contributed by atoms with Gasteiger partial charge in [-0.2, -0.15) is 0 Å². The fourth-order valence-corrected chi connectivity index (χ4v) is 0.885. The van der Waals surface area contributed by atoms with E-state index in [1.807, 2.05) is 0 Å². The third-order valence-corrected chi connectivity index (χ3v) is 1.42. The van der Waals surface area contributed by atoms with Crippen LogP contribution in [0.3, 0.4) is 0 Å². The molecule has 0 bridgehead atoms. The highest BCUT2D eigenvalue weighted by molar-refractivity contribution is 4.87. The van der Waals surface area contributed by atoms with Crippen LogP contribution in [0.25, 0.3) is 20.9 Å². The second-order valence-corrected chi connectivity index (χ2v) is 2.08. The first-order valence-electron chi connectivity index (χ1n) is 3.04. The van der Waals surface area contributed by atoms with Crippen molar-refractivity contribution in [2.45, 2.75) is 19.5 Å². The van der Waals surface area contributed by atoms with E-state index in [1.165, 1.54) is 0 Å². The van der Waals surface area contributed by atoms with E-state index in [9.17, 15) is 0 Å². The zero-order valence-corrected chi connectivity index (χ0v) is 5.66. The largest absolute Gasteiger partial charge is 0.381 e. The zero-order chi connectivity index (χ0) is 8.10. The summed E-state index contributed by atoms with van der Waals surface area (Å²) in [5.41, 5.74) is 16.2. The maximum absolute atomic E-state index is 8.08. The Hall–Kier alpha value is -1.42. The molecule has 12 heavy (non-hydrogen) atoms. The van der Waals surface area contributed by atoms with E-state index in [2.05, 4.69) is 20.1 Å². The lowest BCUT2D eigenvalue weighted by atomic mass is 10.2. The Morgan fingerprint density at radius 2 is 1.50 bits per heavy atom. The van der Waals surface area contributed by atoms with Crippen LogP contribution < -0.4 is 0 Å². The molecule has 1 rings (SSSR count). The predicted octanol–water partition coefficient (Wildman–Crippen LogP) is 2.01. The van der Waals surface area contributed by atoms with Crippen molar-refractivity contribution in [3.63, 3.8) is 0 Å². The van der Waals surface area contributed by atoms with Crippen molar-refractivity contribution in [2.75, 3.05) is 13.2 Å². The third-order valence-electron chi connectivity index (χ3n) is 1.42. The van der Waals surface area contributed by atoms with Gasteiger partial charge in [0.25, 0.3) is 0 Å². The number of nitrogens with zero attached hydrogens (tertiary/aromatic N) is 6. The van der Waals surface area contributed by atoms with Gasteiger partial charge < -0.3 is 4.74 Å². The number of ether oxygens (including phenoxy) is 1. The normalized spacial score (nSPS) is 26.3. The quantitative estimate of drug-likeness (QED) is 0.352. The van der Waals surface area contributed by atoms with Crippen LogP contribution in [0.4, 0.5) is 0 Å². The summed E-state index contributed by atoms with van der Waals surface area (Å²) in [4.78, 5) is 5.22. The lowest BCUT2D eigenvalue weighted by Gasteiger charge is -2.02. The summed E-state index contributed by atoms with van der Waals surface area (Å²) in [5.74, 6) is 0. The lowest BCUT2D eigenvalue weighted by molar-refractivity contribution is 0.191. The van der Waals surface area contributed by atoms with Crippen LogP contribution in [0, 0.1) is 0 Å². The van der Waals surface area contributed by atoms with Crippen LogP contribution >= 0.6 is 0 Å². The van der Waals surface area contributed by atoms with E-state index in [0.29, 0.717) is 13.2 Å². The number of azide groups is 2. The molecule has 0 aromatic carbocycles. The molecular weight excluding hydrogens is 160 g/mol. The molecule has 0 aromatic rings. The topological polar surface area (TPSA) is 107 Å². The Balaban J connectivity index is 0.00000121. The molecular formula is C5H10N6O. The van der Waals surface area contributed by atoms with Crippen LogP contribution in [0.2, 0.25) is 0 Å². The van der Waals surface area contributed by atoms with Crippen LogP contribution in [0.5, 0.6) is 0 Å². The molecule has 0 aliphatic carbocycles. The van der Waals surface area contributed by atoms with Crippen molar-refractivity contribution in [3.8, 4) is 0 Å². The van der Waals surface area contributed by atoms with Crippen LogP contribution in [-0.4, -0.2) is 25.3 Å². The Labute approximate surface area is 69.6 Å². The molecule has 1 fully saturated rings. The Morgan fingerprint density at radius 1 is 1.08 bits per heavy atom. The minimum absolute atomic E-state index is 0. The summed E-state index contributed by atoms with van der Waals surface area (Å²) in [6.07, 6.45) is 0. The predicted molar refractivity (Wildman–Crippen MR) is 43.4 cm³/mol. The Bertz CT molecular complexity index is 204. The molecule has 7 heteroatoms. The smallest absolute Gasteiger partial charge is 0.0714 e. The van der Waals surface area contributed by atoms with Gasteiger partial charge in [0.1, 0.15) is 0 Å². The second kappa shape index (κ2) is 5.26. The van der Waals surface area contributed by atoms with Gasteiger partial charge in [0.15, 0.2) is 0 Å². The maximum Gasteiger partial charge on any atom is 0.0714 e. The summed E-state index contributed by atoms with van der Waals surface area (Å²) >= 11 is 0. The van der Waals surface area contributed by atoms with Crippen molar-refractivity contribution in [3.05, 3.63) is 20.9 Å². The van der Waals surface area contributed by atoms with Gasteiger partial charge >= 0.3 is 0 Å². The average Bonchev–Trinajstić information content (AvgIpc) is 2.39. The van der Waals surface area contributed by atoms with E-state index in [-0.39, 0.29) is 19.5 Å². The van der Waals surface area contributed by atoms with E-state index in [0.717, 1.165) is 0 Å². The van der Waals surface area contributed by atoms with Gasteiger partial charge in [-0.05, 0) is 11.1 Å². The molecule has 0 N–H and O–H groups in total.